The highest BCUT2D eigenvalue weighted by Gasteiger charge is 2.11. The Morgan fingerprint density at radius 1 is 1.60 bits per heavy atom. The molecule has 1 aromatic rings. The van der Waals surface area contributed by atoms with Gasteiger partial charge < -0.3 is 0 Å². The van der Waals surface area contributed by atoms with Gasteiger partial charge in [0.25, 0.3) is 0 Å². The summed E-state index contributed by atoms with van der Waals surface area (Å²) >= 11 is 3.47. The Labute approximate surface area is 99.7 Å². The van der Waals surface area contributed by atoms with Gasteiger partial charge in [0, 0.05) is 10.5 Å². The maximum absolute atomic E-state index is 5.56. The van der Waals surface area contributed by atoms with E-state index < -0.39 is 0 Å². The molecule has 0 aliphatic heterocycles. The highest BCUT2D eigenvalue weighted by Crippen LogP contribution is 2.24. The van der Waals surface area contributed by atoms with Gasteiger partial charge >= 0.3 is 0 Å². The number of hydrogen-bond donors (Lipinski definition) is 2. The molecule has 15 heavy (non-hydrogen) atoms. The van der Waals surface area contributed by atoms with Gasteiger partial charge in [-0.3, -0.25) is 11.3 Å². The minimum Gasteiger partial charge on any atom is -0.271 e. The number of nitrogens with one attached hydrogen (secondary N) is 1. The van der Waals surface area contributed by atoms with Crippen LogP contribution in [0.1, 0.15) is 30.0 Å². The first-order valence-corrected chi connectivity index (χ1v) is 5.81. The maximum atomic E-state index is 5.56. The second-order valence-corrected chi connectivity index (χ2v) is 4.50. The predicted octanol–water partition coefficient (Wildman–Crippen LogP) is 3.23. The van der Waals surface area contributed by atoms with E-state index in [0.29, 0.717) is 0 Å². The normalized spacial score (nSPS) is 12.5. The third-order valence-corrected chi connectivity index (χ3v) is 2.97. The number of halogens is 1. The van der Waals surface area contributed by atoms with E-state index in [-0.39, 0.29) is 6.04 Å². The SMILES string of the molecule is C=CCCC(NN)c1cc(Br)ccc1C. The first kappa shape index (κ1) is 12.4. The first-order chi connectivity index (χ1) is 7.19. The van der Waals surface area contributed by atoms with Gasteiger partial charge in [-0.25, -0.2) is 0 Å². The molecule has 0 heterocycles. The molecule has 1 unspecified atom stereocenters. The second kappa shape index (κ2) is 6.05. The van der Waals surface area contributed by atoms with Crippen molar-refractivity contribution in [2.75, 3.05) is 0 Å². The summed E-state index contributed by atoms with van der Waals surface area (Å²) in [5.74, 6) is 5.56. The van der Waals surface area contributed by atoms with Crippen LogP contribution in [0.2, 0.25) is 0 Å². The van der Waals surface area contributed by atoms with Crippen molar-refractivity contribution in [3.63, 3.8) is 0 Å². The highest BCUT2D eigenvalue weighted by atomic mass is 79.9. The number of allylic oxidation sites excluding steroid dienone is 1. The fourth-order valence-corrected chi connectivity index (χ4v) is 1.98. The number of benzene rings is 1. The van der Waals surface area contributed by atoms with E-state index in [0.717, 1.165) is 17.3 Å². The Hall–Kier alpha value is -0.640. The Morgan fingerprint density at radius 2 is 2.33 bits per heavy atom. The van der Waals surface area contributed by atoms with E-state index in [9.17, 15) is 0 Å². The Morgan fingerprint density at radius 3 is 2.93 bits per heavy atom. The van der Waals surface area contributed by atoms with Gasteiger partial charge in [0.15, 0.2) is 0 Å². The number of hydrogen-bond acceptors (Lipinski definition) is 2. The lowest BCUT2D eigenvalue weighted by molar-refractivity contribution is 0.518. The van der Waals surface area contributed by atoms with E-state index in [1.807, 2.05) is 12.1 Å². The van der Waals surface area contributed by atoms with Crippen molar-refractivity contribution in [1.29, 1.82) is 0 Å². The van der Waals surface area contributed by atoms with Gasteiger partial charge in [0.05, 0.1) is 0 Å². The van der Waals surface area contributed by atoms with Gasteiger partial charge in [0.1, 0.15) is 0 Å². The Bertz CT molecular complexity index is 336. The van der Waals surface area contributed by atoms with Crippen molar-refractivity contribution in [2.24, 2.45) is 5.84 Å². The largest absolute Gasteiger partial charge is 0.271 e. The minimum atomic E-state index is 0.195. The van der Waals surface area contributed by atoms with Crippen molar-refractivity contribution < 1.29 is 0 Å². The predicted molar refractivity (Wildman–Crippen MR) is 68.4 cm³/mol. The summed E-state index contributed by atoms with van der Waals surface area (Å²) in [4.78, 5) is 0. The van der Waals surface area contributed by atoms with Gasteiger partial charge in [-0.2, -0.15) is 0 Å². The van der Waals surface area contributed by atoms with Crippen molar-refractivity contribution in [3.05, 3.63) is 46.5 Å². The second-order valence-electron chi connectivity index (χ2n) is 3.59. The number of hydrazine groups is 1. The molecule has 0 fully saturated rings. The van der Waals surface area contributed by atoms with E-state index >= 15 is 0 Å². The summed E-state index contributed by atoms with van der Waals surface area (Å²) in [6, 6.07) is 6.45. The highest BCUT2D eigenvalue weighted by molar-refractivity contribution is 9.10. The van der Waals surface area contributed by atoms with Gasteiger partial charge in [-0.1, -0.05) is 28.1 Å². The zero-order chi connectivity index (χ0) is 11.3. The summed E-state index contributed by atoms with van der Waals surface area (Å²) in [5.41, 5.74) is 5.35. The third kappa shape index (κ3) is 3.45. The molecular weight excluding hydrogens is 252 g/mol. The van der Waals surface area contributed by atoms with Crippen molar-refractivity contribution in [3.8, 4) is 0 Å². The quantitative estimate of drug-likeness (QED) is 0.489. The zero-order valence-corrected chi connectivity index (χ0v) is 10.5. The van der Waals surface area contributed by atoms with E-state index in [1.165, 1.54) is 11.1 Å². The molecule has 0 saturated carbocycles. The van der Waals surface area contributed by atoms with Crippen molar-refractivity contribution >= 4 is 15.9 Å². The summed E-state index contributed by atoms with van der Waals surface area (Å²) in [5, 5.41) is 0. The lowest BCUT2D eigenvalue weighted by atomic mass is 9.98. The molecule has 1 atom stereocenters. The van der Waals surface area contributed by atoms with Crippen LogP contribution < -0.4 is 11.3 Å². The van der Waals surface area contributed by atoms with Crippen molar-refractivity contribution in [1.82, 2.24) is 5.43 Å². The summed E-state index contributed by atoms with van der Waals surface area (Å²) in [6.07, 6.45) is 3.84. The van der Waals surface area contributed by atoms with Gasteiger partial charge in [0.2, 0.25) is 0 Å². The third-order valence-electron chi connectivity index (χ3n) is 2.48. The standard InChI is InChI=1S/C12H17BrN2/c1-3-4-5-12(15-14)11-8-10(13)7-6-9(11)2/h3,6-8,12,15H,1,4-5,14H2,2H3. The molecular formula is C12H17BrN2. The lowest BCUT2D eigenvalue weighted by Gasteiger charge is -2.18. The molecule has 0 aliphatic rings. The topological polar surface area (TPSA) is 38.0 Å². The molecule has 0 aromatic heterocycles. The van der Waals surface area contributed by atoms with Gasteiger partial charge in [-0.05, 0) is 43.0 Å². The lowest BCUT2D eigenvalue weighted by Crippen LogP contribution is -2.28. The van der Waals surface area contributed by atoms with Crippen LogP contribution >= 0.6 is 15.9 Å². The molecule has 1 rings (SSSR count). The zero-order valence-electron chi connectivity index (χ0n) is 8.96. The number of rotatable bonds is 5. The van der Waals surface area contributed by atoms with E-state index in [2.05, 4.69) is 47.0 Å². The van der Waals surface area contributed by atoms with Crippen LogP contribution in [0.3, 0.4) is 0 Å². The van der Waals surface area contributed by atoms with Crippen LogP contribution in [-0.2, 0) is 0 Å². The summed E-state index contributed by atoms with van der Waals surface area (Å²) < 4.78 is 1.09. The van der Waals surface area contributed by atoms with E-state index in [4.69, 9.17) is 5.84 Å². The van der Waals surface area contributed by atoms with E-state index in [1.54, 1.807) is 0 Å². The average Bonchev–Trinajstić information content (AvgIpc) is 2.24. The van der Waals surface area contributed by atoms with Crippen LogP contribution in [0, 0.1) is 6.92 Å². The molecule has 0 aliphatic carbocycles. The molecule has 0 radical (unpaired) electrons. The Kier molecular flexibility index (Phi) is 5.02. The summed E-state index contributed by atoms with van der Waals surface area (Å²) in [6.45, 7) is 5.82. The molecule has 0 spiro atoms. The first-order valence-electron chi connectivity index (χ1n) is 5.02. The van der Waals surface area contributed by atoms with Crippen LogP contribution in [0.15, 0.2) is 35.3 Å². The fraction of sp³-hybridized carbons (Fsp3) is 0.333. The molecule has 2 nitrogen and oxygen atoms in total. The van der Waals surface area contributed by atoms with Crippen LogP contribution in [0.4, 0.5) is 0 Å². The molecule has 0 amide bonds. The number of nitrogens with two attached hydrogens (primary N) is 1. The average molecular weight is 269 g/mol. The fourth-order valence-electron chi connectivity index (χ4n) is 1.60. The molecule has 0 saturated heterocycles. The van der Waals surface area contributed by atoms with Crippen LogP contribution in [-0.4, -0.2) is 0 Å². The summed E-state index contributed by atoms with van der Waals surface area (Å²) in [7, 11) is 0. The molecule has 82 valence electrons. The van der Waals surface area contributed by atoms with Gasteiger partial charge in [-0.15, -0.1) is 6.58 Å². The number of aryl methyl sites for hydroxylation is 1. The molecule has 3 N–H and O–H groups in total. The molecule has 3 heteroatoms. The molecule has 0 bridgehead atoms. The molecule has 1 aromatic carbocycles. The smallest absolute Gasteiger partial charge is 0.0465 e. The maximum Gasteiger partial charge on any atom is 0.0465 e. The Balaban J connectivity index is 2.89. The van der Waals surface area contributed by atoms with Crippen molar-refractivity contribution in [2.45, 2.75) is 25.8 Å². The minimum absolute atomic E-state index is 0.195. The van der Waals surface area contributed by atoms with Crippen LogP contribution in [0.5, 0.6) is 0 Å². The van der Waals surface area contributed by atoms with Crippen LogP contribution in [0.25, 0.3) is 0 Å². The monoisotopic (exact) mass is 268 g/mol.